The van der Waals surface area contributed by atoms with Gasteiger partial charge in [0.05, 0.1) is 12.9 Å². The second kappa shape index (κ2) is 6.30. The van der Waals surface area contributed by atoms with Crippen molar-refractivity contribution in [2.45, 2.75) is 57.5 Å². The summed E-state index contributed by atoms with van der Waals surface area (Å²) in [4.78, 5) is 29.6. The van der Waals surface area contributed by atoms with E-state index in [1.165, 1.54) is 17.4 Å². The summed E-state index contributed by atoms with van der Waals surface area (Å²) in [5, 5.41) is 0. The molecule has 3 fully saturated rings. The van der Waals surface area contributed by atoms with E-state index in [-0.39, 0.29) is 41.1 Å². The summed E-state index contributed by atoms with van der Waals surface area (Å²) in [6.45, 7) is 6.64. The Morgan fingerprint density at radius 1 is 1.17 bits per heavy atom. The Morgan fingerprint density at radius 2 is 1.93 bits per heavy atom. The number of furan rings is 1. The number of hydrogen-bond donors (Lipinski definition) is 0. The van der Waals surface area contributed by atoms with Gasteiger partial charge in [-0.3, -0.25) is 14.5 Å². The highest BCUT2D eigenvalue weighted by Crippen LogP contribution is 2.68. The highest BCUT2D eigenvalue weighted by molar-refractivity contribution is 6.12. The van der Waals surface area contributed by atoms with Crippen LogP contribution < -0.4 is 0 Å². The van der Waals surface area contributed by atoms with Gasteiger partial charge in [-0.25, -0.2) is 0 Å². The van der Waals surface area contributed by atoms with Gasteiger partial charge in [0.25, 0.3) is 0 Å². The number of piperidine rings is 2. The predicted octanol–water partition coefficient (Wildman–Crippen LogP) is 4.01. The van der Waals surface area contributed by atoms with Crippen LogP contribution in [0.5, 0.6) is 0 Å². The number of fused-ring (bicyclic) bond motifs is 2. The molecule has 1 aromatic heterocycles. The summed E-state index contributed by atoms with van der Waals surface area (Å²) < 4.78 is 11.0. The summed E-state index contributed by atoms with van der Waals surface area (Å²) in [6, 6.07) is 12.1. The molecule has 6 rings (SSSR count). The Bertz CT molecular complexity index is 1010. The Kier molecular flexibility index (Phi) is 4.11. The van der Waals surface area contributed by atoms with Gasteiger partial charge in [0, 0.05) is 17.5 Å². The summed E-state index contributed by atoms with van der Waals surface area (Å²) in [5.74, 6) is -0.421. The number of carbonyl (C=O) groups is 2. The third-order valence-corrected chi connectivity index (χ3v) is 8.61. The summed E-state index contributed by atoms with van der Waals surface area (Å²) in [6.07, 6.45) is 3.63. The zero-order valence-electron chi connectivity index (χ0n) is 18.1. The number of ketones is 1. The van der Waals surface area contributed by atoms with Crippen molar-refractivity contribution < 1.29 is 18.7 Å². The first-order valence-electron chi connectivity index (χ1n) is 10.9. The van der Waals surface area contributed by atoms with Gasteiger partial charge in [-0.2, -0.15) is 0 Å². The van der Waals surface area contributed by atoms with E-state index in [4.69, 9.17) is 9.15 Å². The molecule has 0 amide bonds. The Hall–Kier alpha value is -2.40. The van der Waals surface area contributed by atoms with E-state index >= 15 is 0 Å². The van der Waals surface area contributed by atoms with Crippen molar-refractivity contribution >= 4 is 11.8 Å². The van der Waals surface area contributed by atoms with E-state index in [1.54, 1.807) is 19.1 Å². The minimum absolute atomic E-state index is 0.108. The molecule has 2 aromatic rings. The molecule has 2 aliphatic heterocycles. The zero-order chi connectivity index (χ0) is 21.3. The Morgan fingerprint density at radius 3 is 2.63 bits per heavy atom. The van der Waals surface area contributed by atoms with Crippen molar-refractivity contribution in [2.75, 3.05) is 13.7 Å². The molecule has 1 aromatic carbocycles. The van der Waals surface area contributed by atoms with Gasteiger partial charge >= 0.3 is 5.97 Å². The van der Waals surface area contributed by atoms with Crippen LogP contribution in [0.1, 0.15) is 55.3 Å². The highest BCUT2D eigenvalue weighted by atomic mass is 16.5. The molecule has 0 radical (unpaired) electrons. The second-order valence-electron chi connectivity index (χ2n) is 9.69. The maximum atomic E-state index is 13.8. The van der Waals surface area contributed by atoms with Gasteiger partial charge in [-0.1, -0.05) is 38.1 Å². The molecule has 5 nitrogen and oxygen atoms in total. The number of Topliss-reactive ketones (excluding diaryl/α,β-unsaturated/α-hetero) is 1. The lowest BCUT2D eigenvalue weighted by molar-refractivity contribution is -0.196. The molecule has 0 spiro atoms. The Labute approximate surface area is 177 Å². The van der Waals surface area contributed by atoms with Gasteiger partial charge in [0.1, 0.15) is 5.41 Å². The van der Waals surface area contributed by atoms with Crippen LogP contribution in [0.25, 0.3) is 0 Å². The van der Waals surface area contributed by atoms with Crippen LogP contribution in [-0.4, -0.2) is 42.4 Å². The van der Waals surface area contributed by atoms with Crippen LogP contribution in [0, 0.1) is 10.8 Å². The average Bonchev–Trinajstić information content (AvgIpc) is 3.26. The largest absolute Gasteiger partial charge is 0.465 e. The maximum Gasteiger partial charge on any atom is 0.321 e. The number of ether oxygens (including phenoxy) is 1. The first-order valence-corrected chi connectivity index (χ1v) is 10.9. The fraction of sp³-hybridized carbons (Fsp3) is 0.520. The van der Waals surface area contributed by atoms with E-state index in [0.29, 0.717) is 6.42 Å². The van der Waals surface area contributed by atoms with Crippen LogP contribution in [-0.2, 0) is 21.4 Å². The first-order chi connectivity index (χ1) is 14.3. The number of carbonyl (C=O) groups excluding carboxylic acids is 2. The number of likely N-dealkylation sites (N-methyl/N-ethyl adjacent to an activating group) is 1. The molecule has 0 N–H and O–H groups in total. The van der Waals surface area contributed by atoms with Crippen molar-refractivity contribution in [2.24, 2.45) is 10.8 Å². The van der Waals surface area contributed by atoms with Gasteiger partial charge in [-0.15, -0.1) is 0 Å². The van der Waals surface area contributed by atoms with Crippen molar-refractivity contribution in [1.29, 1.82) is 0 Å². The maximum absolute atomic E-state index is 13.8. The van der Waals surface area contributed by atoms with E-state index in [1.807, 2.05) is 0 Å². The van der Waals surface area contributed by atoms with E-state index in [9.17, 15) is 9.59 Å². The molecule has 3 heterocycles. The summed E-state index contributed by atoms with van der Waals surface area (Å²) >= 11 is 0. The quantitative estimate of drug-likeness (QED) is 0.435. The number of hydrogen-bond acceptors (Lipinski definition) is 5. The van der Waals surface area contributed by atoms with Crippen LogP contribution in [0.3, 0.4) is 0 Å². The van der Waals surface area contributed by atoms with E-state index in [0.717, 1.165) is 12.8 Å². The van der Waals surface area contributed by atoms with Crippen molar-refractivity contribution in [3.63, 3.8) is 0 Å². The van der Waals surface area contributed by atoms with Crippen LogP contribution >= 0.6 is 0 Å². The summed E-state index contributed by atoms with van der Waals surface area (Å²) in [5.41, 5.74) is 1.14. The van der Waals surface area contributed by atoms with Crippen molar-refractivity contribution in [3.05, 3.63) is 59.5 Å². The lowest BCUT2D eigenvalue weighted by atomic mass is 9.39. The van der Waals surface area contributed by atoms with Crippen LogP contribution in [0.15, 0.2) is 47.1 Å². The lowest BCUT2D eigenvalue weighted by Crippen LogP contribution is -2.78. The number of nitrogens with zero attached hydrogens (tertiary/aromatic N) is 1. The highest BCUT2D eigenvalue weighted by Gasteiger charge is 2.74. The SMILES string of the molecule is CCOC(=O)C1(C(=O)c2ccco2)C[C@]2(C)C3Cc4ccccc4[C@]2(C)CC1N3C. The molecule has 4 aliphatic rings. The molecule has 2 saturated heterocycles. The van der Waals surface area contributed by atoms with Gasteiger partial charge < -0.3 is 9.15 Å². The molecule has 3 unspecified atom stereocenters. The smallest absolute Gasteiger partial charge is 0.321 e. The monoisotopic (exact) mass is 407 g/mol. The number of benzene rings is 1. The van der Waals surface area contributed by atoms with Gasteiger partial charge in [-0.05, 0) is 61.9 Å². The van der Waals surface area contributed by atoms with Gasteiger partial charge in [0.2, 0.25) is 5.78 Å². The average molecular weight is 408 g/mol. The normalized spacial score (nSPS) is 36.9. The molecule has 2 aliphatic carbocycles. The molecular weight excluding hydrogens is 378 g/mol. The lowest BCUT2D eigenvalue weighted by Gasteiger charge is -2.71. The fourth-order valence-corrected chi connectivity index (χ4v) is 6.98. The molecular formula is C25H29NO4. The molecule has 5 heteroatoms. The standard InChI is InChI=1S/C25H29NO4/c1-5-29-22(28)25(21(27)18-11-8-12-30-18)15-24(3)19-13-16-9-6-7-10-17(16)23(24,2)14-20(25)26(19)4/h6-12,19-20H,5,13-15H2,1-4H3/t19?,20?,23-,24+,25?/m0/s1. The number of rotatable bonds is 4. The van der Waals surface area contributed by atoms with Crippen LogP contribution in [0.4, 0.5) is 0 Å². The van der Waals surface area contributed by atoms with Crippen LogP contribution in [0.2, 0.25) is 0 Å². The third kappa shape index (κ3) is 2.16. The molecule has 4 bridgehead atoms. The predicted molar refractivity (Wildman–Crippen MR) is 112 cm³/mol. The summed E-state index contributed by atoms with van der Waals surface area (Å²) in [7, 11) is 2.07. The number of esters is 1. The van der Waals surface area contributed by atoms with E-state index in [2.05, 4.69) is 50.1 Å². The fourth-order valence-electron chi connectivity index (χ4n) is 6.98. The van der Waals surface area contributed by atoms with E-state index < -0.39 is 11.4 Å². The minimum Gasteiger partial charge on any atom is -0.465 e. The van der Waals surface area contributed by atoms with Crippen molar-refractivity contribution in [1.82, 2.24) is 4.90 Å². The zero-order valence-corrected chi connectivity index (χ0v) is 18.1. The first kappa shape index (κ1) is 19.6. The Balaban J connectivity index is 1.70. The van der Waals surface area contributed by atoms with Gasteiger partial charge in [0.15, 0.2) is 5.76 Å². The molecule has 1 saturated carbocycles. The third-order valence-electron chi connectivity index (χ3n) is 8.61. The molecule has 158 valence electrons. The molecule has 30 heavy (non-hydrogen) atoms. The minimum atomic E-state index is -1.25. The van der Waals surface area contributed by atoms with Crippen molar-refractivity contribution in [3.8, 4) is 0 Å². The molecule has 5 atom stereocenters. The topological polar surface area (TPSA) is 59.8 Å². The second-order valence-corrected chi connectivity index (χ2v) is 9.69.